The van der Waals surface area contributed by atoms with Crippen molar-refractivity contribution in [3.63, 3.8) is 0 Å². The third kappa shape index (κ3) is 2.73. The van der Waals surface area contributed by atoms with Crippen LogP contribution in [0.15, 0.2) is 24.3 Å². The second-order valence-corrected chi connectivity index (χ2v) is 4.44. The Bertz CT molecular complexity index is 458. The van der Waals surface area contributed by atoms with Crippen molar-refractivity contribution in [2.45, 2.75) is 12.3 Å². The number of nitrogens with zero attached hydrogens (tertiary/aromatic N) is 2. The van der Waals surface area contributed by atoms with Crippen LogP contribution >= 0.6 is 22.9 Å². The number of aromatic nitrogens is 2. The number of halogens is 2. The molecule has 15 heavy (non-hydrogen) atoms. The normalized spacial score (nSPS) is 10.5. The van der Waals surface area contributed by atoms with Crippen molar-refractivity contribution in [2.75, 3.05) is 0 Å². The Kier molecular flexibility index (Phi) is 3.28. The van der Waals surface area contributed by atoms with Crippen molar-refractivity contribution in [3.8, 4) is 0 Å². The molecule has 0 amide bonds. The van der Waals surface area contributed by atoms with Crippen LogP contribution in [0, 0.1) is 5.82 Å². The van der Waals surface area contributed by atoms with Crippen molar-refractivity contribution in [3.05, 3.63) is 45.7 Å². The first-order valence-electron chi connectivity index (χ1n) is 4.39. The zero-order valence-electron chi connectivity index (χ0n) is 7.78. The molecule has 1 aromatic heterocycles. The summed E-state index contributed by atoms with van der Waals surface area (Å²) in [5.74, 6) is 0.149. The third-order valence-corrected chi connectivity index (χ3v) is 3.20. The third-order valence-electron chi connectivity index (χ3n) is 1.87. The van der Waals surface area contributed by atoms with Crippen LogP contribution in [0.3, 0.4) is 0 Å². The maximum absolute atomic E-state index is 12.9. The molecular formula is C10H8ClFN2S. The van der Waals surface area contributed by atoms with E-state index in [1.54, 1.807) is 6.07 Å². The van der Waals surface area contributed by atoms with E-state index >= 15 is 0 Å². The highest BCUT2D eigenvalue weighted by atomic mass is 35.5. The van der Waals surface area contributed by atoms with Gasteiger partial charge in [0.1, 0.15) is 15.8 Å². The zero-order valence-corrected chi connectivity index (χ0v) is 9.35. The van der Waals surface area contributed by atoms with Crippen LogP contribution < -0.4 is 0 Å². The molecule has 0 radical (unpaired) electrons. The van der Waals surface area contributed by atoms with E-state index in [1.165, 1.54) is 23.5 Å². The van der Waals surface area contributed by atoms with E-state index in [4.69, 9.17) is 11.6 Å². The first-order chi connectivity index (χ1) is 7.28. The van der Waals surface area contributed by atoms with Crippen LogP contribution in [-0.4, -0.2) is 10.2 Å². The Hall–Kier alpha value is -1.000. The smallest absolute Gasteiger partial charge is 0.132 e. The lowest BCUT2D eigenvalue weighted by atomic mass is 10.1. The Balaban J connectivity index is 2.14. The van der Waals surface area contributed by atoms with Crippen LogP contribution in [-0.2, 0) is 12.3 Å². The predicted molar refractivity (Wildman–Crippen MR) is 58.7 cm³/mol. The van der Waals surface area contributed by atoms with Crippen LogP contribution in [0.1, 0.15) is 15.6 Å². The van der Waals surface area contributed by atoms with E-state index in [1.807, 2.05) is 6.07 Å². The van der Waals surface area contributed by atoms with Crippen molar-refractivity contribution in [2.24, 2.45) is 0 Å². The molecule has 0 bridgehead atoms. The molecule has 0 spiro atoms. The molecule has 0 unspecified atom stereocenters. The van der Waals surface area contributed by atoms with E-state index in [0.717, 1.165) is 15.6 Å². The molecule has 0 saturated heterocycles. The minimum absolute atomic E-state index is 0.227. The molecule has 0 aliphatic carbocycles. The van der Waals surface area contributed by atoms with Gasteiger partial charge in [-0.15, -0.1) is 21.8 Å². The van der Waals surface area contributed by atoms with Gasteiger partial charge in [-0.3, -0.25) is 0 Å². The number of hydrogen-bond donors (Lipinski definition) is 0. The van der Waals surface area contributed by atoms with E-state index in [0.29, 0.717) is 12.3 Å². The van der Waals surface area contributed by atoms with E-state index < -0.39 is 0 Å². The minimum Gasteiger partial charge on any atom is -0.207 e. The van der Waals surface area contributed by atoms with Crippen molar-refractivity contribution in [1.82, 2.24) is 10.2 Å². The van der Waals surface area contributed by atoms with E-state index in [2.05, 4.69) is 10.2 Å². The standard InChI is InChI=1S/C10H8ClFN2S/c11-6-10-14-13-9(15-10)5-7-2-1-3-8(12)4-7/h1-4H,5-6H2. The molecule has 5 heteroatoms. The van der Waals surface area contributed by atoms with Gasteiger partial charge in [-0.25, -0.2) is 4.39 Å². The number of alkyl halides is 1. The van der Waals surface area contributed by atoms with Crippen LogP contribution in [0.5, 0.6) is 0 Å². The van der Waals surface area contributed by atoms with Gasteiger partial charge >= 0.3 is 0 Å². The van der Waals surface area contributed by atoms with Gasteiger partial charge in [0.25, 0.3) is 0 Å². The maximum Gasteiger partial charge on any atom is 0.132 e. The first-order valence-corrected chi connectivity index (χ1v) is 5.74. The average Bonchev–Trinajstić information content (AvgIpc) is 2.65. The molecule has 0 aliphatic heterocycles. The minimum atomic E-state index is -0.227. The largest absolute Gasteiger partial charge is 0.207 e. The van der Waals surface area contributed by atoms with Crippen LogP contribution in [0.4, 0.5) is 4.39 Å². The molecule has 0 aliphatic rings. The van der Waals surface area contributed by atoms with Crippen molar-refractivity contribution >= 4 is 22.9 Å². The summed E-state index contributed by atoms with van der Waals surface area (Å²) in [7, 11) is 0. The van der Waals surface area contributed by atoms with Gasteiger partial charge in [0.15, 0.2) is 0 Å². The molecule has 1 aromatic carbocycles. The Labute approximate surface area is 95.7 Å². The summed E-state index contributed by atoms with van der Waals surface area (Å²) >= 11 is 7.07. The Morgan fingerprint density at radius 2 is 2.07 bits per heavy atom. The highest BCUT2D eigenvalue weighted by Crippen LogP contribution is 2.16. The predicted octanol–water partition coefficient (Wildman–Crippen LogP) is 3.01. The monoisotopic (exact) mass is 242 g/mol. The summed E-state index contributed by atoms with van der Waals surface area (Å²) in [5, 5.41) is 9.52. The SMILES string of the molecule is Fc1cccc(Cc2nnc(CCl)s2)c1. The second kappa shape index (κ2) is 4.68. The fourth-order valence-electron chi connectivity index (χ4n) is 1.24. The van der Waals surface area contributed by atoms with Gasteiger partial charge in [0, 0.05) is 6.42 Å². The van der Waals surface area contributed by atoms with Gasteiger partial charge < -0.3 is 0 Å². The number of hydrogen-bond acceptors (Lipinski definition) is 3. The van der Waals surface area contributed by atoms with Crippen molar-refractivity contribution < 1.29 is 4.39 Å². The molecule has 0 N–H and O–H groups in total. The van der Waals surface area contributed by atoms with Crippen LogP contribution in [0.25, 0.3) is 0 Å². The van der Waals surface area contributed by atoms with Gasteiger partial charge in [-0.1, -0.05) is 23.5 Å². The van der Waals surface area contributed by atoms with Gasteiger partial charge in [0.05, 0.1) is 5.88 Å². The van der Waals surface area contributed by atoms with E-state index in [-0.39, 0.29) is 5.82 Å². The number of rotatable bonds is 3. The van der Waals surface area contributed by atoms with Gasteiger partial charge in [-0.05, 0) is 17.7 Å². The molecule has 0 atom stereocenters. The van der Waals surface area contributed by atoms with Crippen molar-refractivity contribution in [1.29, 1.82) is 0 Å². The Morgan fingerprint density at radius 1 is 1.27 bits per heavy atom. The Morgan fingerprint density at radius 3 is 2.73 bits per heavy atom. The van der Waals surface area contributed by atoms with Gasteiger partial charge in [0.2, 0.25) is 0 Å². The lowest BCUT2D eigenvalue weighted by Gasteiger charge is -1.96. The zero-order chi connectivity index (χ0) is 10.7. The summed E-state index contributed by atoms with van der Waals surface area (Å²) < 4.78 is 12.9. The molecule has 2 rings (SSSR count). The summed E-state index contributed by atoms with van der Waals surface area (Å²) in [6, 6.07) is 6.48. The van der Waals surface area contributed by atoms with E-state index in [9.17, 15) is 4.39 Å². The van der Waals surface area contributed by atoms with Gasteiger partial charge in [-0.2, -0.15) is 0 Å². The summed E-state index contributed by atoms with van der Waals surface area (Å²) in [5.41, 5.74) is 0.896. The maximum atomic E-state index is 12.9. The quantitative estimate of drug-likeness (QED) is 0.774. The van der Waals surface area contributed by atoms with Crippen LogP contribution in [0.2, 0.25) is 0 Å². The molecule has 0 saturated carbocycles. The highest BCUT2D eigenvalue weighted by molar-refractivity contribution is 7.11. The summed E-state index contributed by atoms with van der Waals surface area (Å²) in [4.78, 5) is 0. The molecule has 78 valence electrons. The lowest BCUT2D eigenvalue weighted by molar-refractivity contribution is 0.626. The molecule has 1 heterocycles. The lowest BCUT2D eigenvalue weighted by Crippen LogP contribution is -1.88. The molecule has 0 fully saturated rings. The summed E-state index contributed by atoms with van der Waals surface area (Å²) in [6.45, 7) is 0. The number of benzene rings is 1. The fraction of sp³-hybridized carbons (Fsp3) is 0.200. The average molecular weight is 243 g/mol. The molecule has 2 aromatic rings. The first kappa shape index (κ1) is 10.5. The topological polar surface area (TPSA) is 25.8 Å². The molecule has 2 nitrogen and oxygen atoms in total. The fourth-order valence-corrected chi connectivity index (χ4v) is 2.18. The second-order valence-electron chi connectivity index (χ2n) is 3.03. The highest BCUT2D eigenvalue weighted by Gasteiger charge is 2.04. The molecular weight excluding hydrogens is 235 g/mol. The summed E-state index contributed by atoms with van der Waals surface area (Å²) in [6.07, 6.45) is 0.603.